The van der Waals surface area contributed by atoms with Gasteiger partial charge in [0.2, 0.25) is 0 Å². The van der Waals surface area contributed by atoms with Crippen LogP contribution in [-0.4, -0.2) is 0 Å². The lowest BCUT2D eigenvalue weighted by atomic mass is 10.0. The summed E-state index contributed by atoms with van der Waals surface area (Å²) < 4.78 is 8.22. The Hall–Kier alpha value is -2.08. The Morgan fingerprint density at radius 2 is 1.50 bits per heavy atom. The Bertz CT molecular complexity index is 524. The highest BCUT2D eigenvalue weighted by molar-refractivity contribution is 5.87. The van der Waals surface area contributed by atoms with Crippen molar-refractivity contribution in [1.82, 2.24) is 0 Å². The summed E-state index contributed by atoms with van der Waals surface area (Å²) in [6.07, 6.45) is 1.74. The zero-order valence-electron chi connectivity index (χ0n) is 10.1. The highest BCUT2D eigenvalue weighted by Gasteiger charge is 1.95. The fourth-order valence-corrected chi connectivity index (χ4v) is 1.54. The van der Waals surface area contributed by atoms with Crippen molar-refractivity contribution >= 4 is 11.6 Å². The highest BCUT2D eigenvalue weighted by atomic mass is 14.0. The average Bonchev–Trinajstić information content (AvgIpc) is 2.42. The maximum absolute atomic E-state index is 8.22. The molecule has 0 spiro atoms. The third kappa shape index (κ3) is 2.48. The molecule has 0 aliphatic rings. The second kappa shape index (κ2) is 5.13. The molecule has 0 nitrogen and oxygen atoms in total. The van der Waals surface area contributed by atoms with E-state index in [1.165, 1.54) is 0 Å². The summed E-state index contributed by atoms with van der Waals surface area (Å²) in [5.41, 5.74) is 2.79. The topological polar surface area (TPSA) is 0 Å². The molecule has 0 heteroatoms. The summed E-state index contributed by atoms with van der Waals surface area (Å²) >= 11 is 0. The first-order chi connectivity index (χ1) is 8.33. The van der Waals surface area contributed by atoms with Gasteiger partial charge in [-0.2, -0.15) is 0 Å². The quantitative estimate of drug-likeness (QED) is 0.516. The minimum Gasteiger partial charge on any atom is -0.0984 e. The molecule has 16 heavy (non-hydrogen) atoms. The molecule has 0 bridgehead atoms. The molecule has 0 aromatic heterocycles. The zero-order chi connectivity index (χ0) is 12.1. The van der Waals surface area contributed by atoms with Crippen molar-refractivity contribution in [3.05, 3.63) is 84.4 Å². The van der Waals surface area contributed by atoms with Gasteiger partial charge in [-0.15, -0.1) is 0 Å². The average molecular weight is 207 g/mol. The summed E-state index contributed by atoms with van der Waals surface area (Å²) in [7, 11) is 0. The van der Waals surface area contributed by atoms with Crippen LogP contribution in [0.25, 0.3) is 11.6 Å². The third-order valence-electron chi connectivity index (χ3n) is 2.34. The maximum atomic E-state index is 8.22. The van der Waals surface area contributed by atoms with Crippen molar-refractivity contribution in [3.8, 4) is 0 Å². The lowest BCUT2D eigenvalue weighted by molar-refractivity contribution is 1.62. The van der Waals surface area contributed by atoms with Gasteiger partial charge in [0.15, 0.2) is 0 Å². The van der Waals surface area contributed by atoms with Gasteiger partial charge < -0.3 is 0 Å². The van der Waals surface area contributed by atoms with E-state index in [0.717, 1.165) is 16.7 Å². The standard InChI is InChI=1S/C16H14/c1-2-15(16-11-7-4-8-12-16)13-14-9-5-3-6-10-14/h2-13H,1H2/b15-13-/i13D. The summed E-state index contributed by atoms with van der Waals surface area (Å²) in [5, 5.41) is 0. The van der Waals surface area contributed by atoms with Gasteiger partial charge in [0.05, 0.1) is 1.37 Å². The molecule has 2 rings (SSSR count). The Kier molecular flexibility index (Phi) is 2.94. The van der Waals surface area contributed by atoms with Crippen LogP contribution in [-0.2, 0) is 0 Å². The van der Waals surface area contributed by atoms with Crippen molar-refractivity contribution in [2.45, 2.75) is 0 Å². The minimum atomic E-state index is 0.506. The molecule has 2 aromatic rings. The Morgan fingerprint density at radius 3 is 2.06 bits per heavy atom. The van der Waals surface area contributed by atoms with Crippen LogP contribution in [0.2, 0.25) is 0 Å². The van der Waals surface area contributed by atoms with E-state index in [4.69, 9.17) is 1.37 Å². The van der Waals surface area contributed by atoms with Crippen molar-refractivity contribution in [3.63, 3.8) is 0 Å². The molecule has 0 N–H and O–H groups in total. The molecule has 0 saturated heterocycles. The third-order valence-corrected chi connectivity index (χ3v) is 2.34. The van der Waals surface area contributed by atoms with E-state index in [0.29, 0.717) is 6.05 Å². The summed E-state index contributed by atoms with van der Waals surface area (Å²) in [6, 6.07) is 20.1. The summed E-state index contributed by atoms with van der Waals surface area (Å²) in [5.74, 6) is 0. The molecular formula is C16H14. The largest absolute Gasteiger partial charge is 0.0984 e. The zero-order valence-corrected chi connectivity index (χ0v) is 9.06. The van der Waals surface area contributed by atoms with Crippen LogP contribution in [0.5, 0.6) is 0 Å². The van der Waals surface area contributed by atoms with E-state index in [2.05, 4.69) is 6.58 Å². The van der Waals surface area contributed by atoms with Crippen LogP contribution in [0, 0.1) is 0 Å². The van der Waals surface area contributed by atoms with Crippen LogP contribution < -0.4 is 0 Å². The van der Waals surface area contributed by atoms with Gasteiger partial charge in [0, 0.05) is 0 Å². The molecule has 0 heterocycles. The van der Waals surface area contributed by atoms with E-state index in [1.54, 1.807) is 6.08 Å². The Morgan fingerprint density at radius 1 is 0.938 bits per heavy atom. The molecule has 0 fully saturated rings. The van der Waals surface area contributed by atoms with E-state index in [1.807, 2.05) is 60.7 Å². The number of hydrogen-bond donors (Lipinski definition) is 0. The normalized spacial score (nSPS) is 12.6. The van der Waals surface area contributed by atoms with Gasteiger partial charge in [-0.3, -0.25) is 0 Å². The maximum Gasteiger partial charge on any atom is 0.0636 e. The molecule has 0 radical (unpaired) electrons. The molecule has 0 saturated carbocycles. The lowest BCUT2D eigenvalue weighted by Gasteiger charge is -2.02. The number of allylic oxidation sites excluding steroid dienone is 2. The fraction of sp³-hybridized carbons (Fsp3) is 0. The van der Waals surface area contributed by atoms with Gasteiger partial charge in [-0.25, -0.2) is 0 Å². The van der Waals surface area contributed by atoms with Gasteiger partial charge in [0.1, 0.15) is 0 Å². The molecule has 0 amide bonds. The minimum absolute atomic E-state index is 0.506. The van der Waals surface area contributed by atoms with Crippen LogP contribution in [0.4, 0.5) is 0 Å². The van der Waals surface area contributed by atoms with Crippen LogP contribution >= 0.6 is 0 Å². The van der Waals surface area contributed by atoms with Gasteiger partial charge in [-0.1, -0.05) is 73.3 Å². The van der Waals surface area contributed by atoms with Gasteiger partial charge in [0.25, 0.3) is 0 Å². The molecule has 78 valence electrons. The van der Waals surface area contributed by atoms with Crippen molar-refractivity contribution < 1.29 is 1.37 Å². The molecule has 0 aliphatic carbocycles. The summed E-state index contributed by atoms with van der Waals surface area (Å²) in [6.45, 7) is 3.81. The van der Waals surface area contributed by atoms with Gasteiger partial charge >= 0.3 is 0 Å². The van der Waals surface area contributed by atoms with E-state index >= 15 is 0 Å². The van der Waals surface area contributed by atoms with E-state index < -0.39 is 0 Å². The first-order valence-corrected chi connectivity index (χ1v) is 5.27. The number of rotatable bonds is 3. The first-order valence-electron chi connectivity index (χ1n) is 5.77. The monoisotopic (exact) mass is 207 g/mol. The molecular weight excluding hydrogens is 192 g/mol. The second-order valence-corrected chi connectivity index (χ2v) is 3.47. The molecule has 0 atom stereocenters. The van der Waals surface area contributed by atoms with Crippen molar-refractivity contribution in [1.29, 1.82) is 0 Å². The van der Waals surface area contributed by atoms with Crippen LogP contribution in [0.15, 0.2) is 73.3 Å². The predicted octanol–water partition coefficient (Wildman–Crippen LogP) is 4.41. The van der Waals surface area contributed by atoms with Crippen LogP contribution in [0.3, 0.4) is 0 Å². The van der Waals surface area contributed by atoms with Crippen LogP contribution in [0.1, 0.15) is 12.5 Å². The Balaban J connectivity index is 2.52. The fourth-order valence-electron chi connectivity index (χ4n) is 1.54. The Labute approximate surface area is 98.0 Å². The molecule has 2 aromatic carbocycles. The second-order valence-electron chi connectivity index (χ2n) is 3.47. The highest BCUT2D eigenvalue weighted by Crippen LogP contribution is 2.18. The number of benzene rings is 2. The van der Waals surface area contributed by atoms with Crippen molar-refractivity contribution in [2.24, 2.45) is 0 Å². The smallest absolute Gasteiger partial charge is 0.0636 e. The summed E-state index contributed by atoms with van der Waals surface area (Å²) in [4.78, 5) is 0. The van der Waals surface area contributed by atoms with Gasteiger partial charge in [-0.05, 0) is 22.8 Å². The molecule has 0 aliphatic heterocycles. The SMILES string of the molecule is [2H]/C(=C(\C=C)c1ccccc1)c1ccccc1. The number of hydrogen-bond acceptors (Lipinski definition) is 0. The first kappa shape index (κ1) is 9.17. The predicted molar refractivity (Wildman–Crippen MR) is 71.0 cm³/mol. The van der Waals surface area contributed by atoms with Crippen molar-refractivity contribution in [2.75, 3.05) is 0 Å². The lowest BCUT2D eigenvalue weighted by Crippen LogP contribution is -1.80. The van der Waals surface area contributed by atoms with E-state index in [-0.39, 0.29) is 0 Å². The molecule has 0 unspecified atom stereocenters. The van der Waals surface area contributed by atoms with E-state index in [9.17, 15) is 0 Å².